The van der Waals surface area contributed by atoms with Crippen molar-refractivity contribution in [2.24, 2.45) is 0 Å². The molecule has 5 nitrogen and oxygen atoms in total. The van der Waals surface area contributed by atoms with Gasteiger partial charge in [0.15, 0.2) is 5.82 Å². The van der Waals surface area contributed by atoms with Gasteiger partial charge in [-0.1, -0.05) is 0 Å². The van der Waals surface area contributed by atoms with Crippen molar-refractivity contribution in [2.75, 3.05) is 5.73 Å². The summed E-state index contributed by atoms with van der Waals surface area (Å²) in [4.78, 5) is 4.16. The molecule has 0 saturated carbocycles. The lowest BCUT2D eigenvalue weighted by atomic mass is 10.2. The lowest BCUT2D eigenvalue weighted by Crippen LogP contribution is -2.04. The summed E-state index contributed by atoms with van der Waals surface area (Å²) in [6, 6.07) is 5.51. The maximum absolute atomic E-state index is 8.98. The minimum absolute atomic E-state index is 0.480. The summed E-state index contributed by atoms with van der Waals surface area (Å²) in [5.74, 6) is 0.516. The van der Waals surface area contributed by atoms with E-state index in [0.717, 1.165) is 11.4 Å². The summed E-state index contributed by atoms with van der Waals surface area (Å²) in [5, 5.41) is 13.3. The van der Waals surface area contributed by atoms with Gasteiger partial charge in [0, 0.05) is 6.20 Å². The van der Waals surface area contributed by atoms with Crippen LogP contribution >= 0.6 is 0 Å². The zero-order valence-corrected chi connectivity index (χ0v) is 9.10. The molecule has 0 bridgehead atoms. The molecule has 0 fully saturated rings. The first-order valence-corrected chi connectivity index (χ1v) is 4.82. The maximum Gasteiger partial charge on any atom is 0.171 e. The Morgan fingerprint density at radius 3 is 2.75 bits per heavy atom. The average Bonchev–Trinajstić information content (AvgIpc) is 2.57. The van der Waals surface area contributed by atoms with Crippen molar-refractivity contribution in [2.45, 2.75) is 13.8 Å². The molecule has 16 heavy (non-hydrogen) atoms. The second kappa shape index (κ2) is 3.66. The molecular weight excluding hydrogens is 202 g/mol. The number of rotatable bonds is 1. The van der Waals surface area contributed by atoms with Gasteiger partial charge in [0.1, 0.15) is 6.07 Å². The Morgan fingerprint density at radius 1 is 1.44 bits per heavy atom. The lowest BCUT2D eigenvalue weighted by Gasteiger charge is -2.04. The zero-order chi connectivity index (χ0) is 11.7. The van der Waals surface area contributed by atoms with Gasteiger partial charge in [-0.2, -0.15) is 10.4 Å². The molecule has 0 aliphatic carbocycles. The Labute approximate surface area is 93.1 Å². The first kappa shape index (κ1) is 10.2. The third-order valence-electron chi connectivity index (χ3n) is 2.46. The second-order valence-electron chi connectivity index (χ2n) is 3.48. The summed E-state index contributed by atoms with van der Waals surface area (Å²) in [5.41, 5.74) is 8.49. The minimum Gasteiger partial charge on any atom is -0.396 e. The molecule has 0 aliphatic rings. The SMILES string of the molecule is Cc1nn(-c2ncccc2C#N)c(C)c1N. The van der Waals surface area contributed by atoms with Gasteiger partial charge >= 0.3 is 0 Å². The normalized spacial score (nSPS) is 10.1. The number of pyridine rings is 1. The number of nitrogen functional groups attached to an aromatic ring is 1. The lowest BCUT2D eigenvalue weighted by molar-refractivity contribution is 0.803. The summed E-state index contributed by atoms with van der Waals surface area (Å²) >= 11 is 0. The van der Waals surface area contributed by atoms with E-state index in [-0.39, 0.29) is 0 Å². The molecule has 5 heteroatoms. The minimum atomic E-state index is 0.480. The van der Waals surface area contributed by atoms with Crippen LogP contribution in [0.15, 0.2) is 18.3 Å². The van der Waals surface area contributed by atoms with Crippen LogP contribution in [0.5, 0.6) is 0 Å². The van der Waals surface area contributed by atoms with E-state index in [4.69, 9.17) is 11.0 Å². The maximum atomic E-state index is 8.98. The highest BCUT2D eigenvalue weighted by Gasteiger charge is 2.13. The third kappa shape index (κ3) is 1.41. The fourth-order valence-corrected chi connectivity index (χ4v) is 1.51. The Bertz CT molecular complexity index is 577. The molecule has 0 radical (unpaired) electrons. The Kier molecular flexibility index (Phi) is 2.33. The van der Waals surface area contributed by atoms with Crippen molar-refractivity contribution < 1.29 is 0 Å². The number of hydrogen-bond donors (Lipinski definition) is 1. The van der Waals surface area contributed by atoms with Gasteiger partial charge < -0.3 is 5.73 Å². The van der Waals surface area contributed by atoms with Crippen molar-refractivity contribution in [1.82, 2.24) is 14.8 Å². The first-order valence-electron chi connectivity index (χ1n) is 4.82. The number of aromatic nitrogens is 3. The number of nitrogens with zero attached hydrogens (tertiary/aromatic N) is 4. The predicted octanol–water partition coefficient (Wildman–Crippen LogP) is 1.34. The summed E-state index contributed by atoms with van der Waals surface area (Å²) < 4.78 is 1.60. The van der Waals surface area contributed by atoms with Crippen LogP contribution in [0.2, 0.25) is 0 Å². The molecule has 2 aromatic heterocycles. The Hall–Kier alpha value is -2.35. The molecular formula is C11H11N5. The molecule has 2 aromatic rings. The molecule has 0 saturated heterocycles. The second-order valence-corrected chi connectivity index (χ2v) is 3.48. The van der Waals surface area contributed by atoms with E-state index in [2.05, 4.69) is 16.2 Å². The van der Waals surface area contributed by atoms with Gasteiger partial charge in [0.05, 0.1) is 22.6 Å². The number of nitrogens with two attached hydrogens (primary N) is 1. The standard InChI is InChI=1S/C11H11N5/c1-7-10(13)8(2)16(15-7)11-9(6-12)4-3-5-14-11/h3-5H,13H2,1-2H3. The van der Waals surface area contributed by atoms with Crippen LogP contribution in [0.25, 0.3) is 5.82 Å². The molecule has 2 N–H and O–H groups in total. The largest absolute Gasteiger partial charge is 0.396 e. The predicted molar refractivity (Wildman–Crippen MR) is 60.0 cm³/mol. The zero-order valence-electron chi connectivity index (χ0n) is 9.10. The molecule has 0 atom stereocenters. The molecule has 0 amide bonds. The Balaban J connectivity index is 2.69. The smallest absolute Gasteiger partial charge is 0.171 e. The van der Waals surface area contributed by atoms with Crippen LogP contribution in [0.1, 0.15) is 17.0 Å². The molecule has 0 aliphatic heterocycles. The molecule has 2 heterocycles. The number of anilines is 1. The highest BCUT2D eigenvalue weighted by molar-refractivity contribution is 5.52. The number of hydrogen-bond acceptors (Lipinski definition) is 4. The quantitative estimate of drug-likeness (QED) is 0.775. The van der Waals surface area contributed by atoms with E-state index in [0.29, 0.717) is 17.1 Å². The number of aryl methyl sites for hydroxylation is 1. The first-order chi connectivity index (χ1) is 7.65. The summed E-state index contributed by atoms with van der Waals surface area (Å²) in [6.45, 7) is 3.68. The van der Waals surface area contributed by atoms with Crippen molar-refractivity contribution in [3.05, 3.63) is 35.3 Å². The van der Waals surface area contributed by atoms with Crippen molar-refractivity contribution in [3.63, 3.8) is 0 Å². The average molecular weight is 213 g/mol. The molecule has 80 valence electrons. The van der Waals surface area contributed by atoms with Crippen LogP contribution in [-0.2, 0) is 0 Å². The van der Waals surface area contributed by atoms with E-state index in [1.165, 1.54) is 0 Å². The molecule has 2 rings (SSSR count). The van der Waals surface area contributed by atoms with E-state index < -0.39 is 0 Å². The van der Waals surface area contributed by atoms with Gasteiger partial charge in [0.25, 0.3) is 0 Å². The molecule has 0 spiro atoms. The fourth-order valence-electron chi connectivity index (χ4n) is 1.51. The van der Waals surface area contributed by atoms with Gasteiger partial charge in [-0.3, -0.25) is 0 Å². The molecule has 0 unspecified atom stereocenters. The van der Waals surface area contributed by atoms with E-state index in [1.807, 2.05) is 13.8 Å². The van der Waals surface area contributed by atoms with Crippen LogP contribution in [0.4, 0.5) is 5.69 Å². The van der Waals surface area contributed by atoms with Crippen LogP contribution < -0.4 is 5.73 Å². The van der Waals surface area contributed by atoms with Gasteiger partial charge in [-0.25, -0.2) is 9.67 Å². The van der Waals surface area contributed by atoms with Gasteiger partial charge in [0.2, 0.25) is 0 Å². The van der Waals surface area contributed by atoms with E-state index >= 15 is 0 Å². The van der Waals surface area contributed by atoms with Gasteiger partial charge in [-0.15, -0.1) is 0 Å². The van der Waals surface area contributed by atoms with Gasteiger partial charge in [-0.05, 0) is 26.0 Å². The van der Waals surface area contributed by atoms with Crippen LogP contribution in [0, 0.1) is 25.2 Å². The topological polar surface area (TPSA) is 80.5 Å². The van der Waals surface area contributed by atoms with Crippen LogP contribution in [-0.4, -0.2) is 14.8 Å². The summed E-state index contributed by atoms with van der Waals surface area (Å²) in [6.07, 6.45) is 1.63. The highest BCUT2D eigenvalue weighted by Crippen LogP contribution is 2.19. The molecule has 0 aromatic carbocycles. The van der Waals surface area contributed by atoms with E-state index in [9.17, 15) is 0 Å². The summed E-state index contributed by atoms with van der Waals surface area (Å²) in [7, 11) is 0. The van der Waals surface area contributed by atoms with Crippen molar-refractivity contribution in [1.29, 1.82) is 5.26 Å². The highest BCUT2D eigenvalue weighted by atomic mass is 15.3. The third-order valence-corrected chi connectivity index (χ3v) is 2.46. The monoisotopic (exact) mass is 213 g/mol. The van der Waals surface area contributed by atoms with Crippen molar-refractivity contribution >= 4 is 5.69 Å². The number of nitriles is 1. The fraction of sp³-hybridized carbons (Fsp3) is 0.182. The van der Waals surface area contributed by atoms with Crippen LogP contribution in [0.3, 0.4) is 0 Å². The Morgan fingerprint density at radius 2 is 2.19 bits per heavy atom. The van der Waals surface area contributed by atoms with E-state index in [1.54, 1.807) is 23.0 Å². The van der Waals surface area contributed by atoms with Crippen molar-refractivity contribution in [3.8, 4) is 11.9 Å².